The lowest BCUT2D eigenvalue weighted by Gasteiger charge is -2.38. The summed E-state index contributed by atoms with van der Waals surface area (Å²) in [7, 11) is 2.19. The number of pyridine rings is 1. The molecule has 2 aromatic heterocycles. The fourth-order valence-electron chi connectivity index (χ4n) is 3.93. The molecule has 2 saturated heterocycles. The first-order valence-corrected chi connectivity index (χ1v) is 8.99. The van der Waals surface area contributed by atoms with Crippen LogP contribution in [0.15, 0.2) is 43.0 Å². The molecule has 6 heteroatoms. The number of piperidine rings is 1. The fourth-order valence-corrected chi connectivity index (χ4v) is 3.93. The van der Waals surface area contributed by atoms with Crippen molar-refractivity contribution in [2.24, 2.45) is 0 Å². The molecule has 1 spiro atoms. The Kier molecular flexibility index (Phi) is 4.63. The second kappa shape index (κ2) is 7.06. The van der Waals surface area contributed by atoms with Gasteiger partial charge in [0.25, 0.3) is 0 Å². The van der Waals surface area contributed by atoms with E-state index in [1.807, 2.05) is 30.9 Å². The monoisotopic (exact) mass is 339 g/mol. The van der Waals surface area contributed by atoms with Crippen molar-refractivity contribution in [3.05, 3.63) is 48.5 Å². The minimum absolute atomic E-state index is 0.0302. The Morgan fingerprint density at radius 2 is 1.88 bits per heavy atom. The van der Waals surface area contributed by atoms with E-state index in [0.717, 1.165) is 51.5 Å². The molecule has 0 aliphatic carbocycles. The molecular weight excluding hydrogens is 314 g/mol. The van der Waals surface area contributed by atoms with Gasteiger partial charge in [-0.1, -0.05) is 0 Å². The zero-order valence-corrected chi connectivity index (χ0v) is 14.7. The fraction of sp³-hybridized carbons (Fsp3) is 0.526. The number of hydrogen-bond acceptors (Lipinski definition) is 6. The molecule has 132 valence electrons. The second-order valence-corrected chi connectivity index (χ2v) is 7.16. The van der Waals surface area contributed by atoms with Crippen LogP contribution in [0.25, 0.3) is 0 Å². The van der Waals surface area contributed by atoms with Gasteiger partial charge in [0.2, 0.25) is 5.95 Å². The summed E-state index contributed by atoms with van der Waals surface area (Å²) in [4.78, 5) is 17.5. The Morgan fingerprint density at radius 3 is 2.60 bits per heavy atom. The SMILES string of the molecule is CN(Cc1ccncc1)C1COC2(CCN(c3ncccn3)CC2)C1. The smallest absolute Gasteiger partial charge is 0.225 e. The number of aromatic nitrogens is 3. The van der Waals surface area contributed by atoms with E-state index in [1.54, 1.807) is 0 Å². The van der Waals surface area contributed by atoms with Gasteiger partial charge in [0.05, 0.1) is 12.2 Å². The summed E-state index contributed by atoms with van der Waals surface area (Å²) in [6.45, 7) is 3.69. The molecular formula is C19H25N5O. The number of anilines is 1. The molecule has 25 heavy (non-hydrogen) atoms. The van der Waals surface area contributed by atoms with Crippen molar-refractivity contribution >= 4 is 5.95 Å². The third-order valence-electron chi connectivity index (χ3n) is 5.50. The van der Waals surface area contributed by atoms with Crippen LogP contribution in [-0.4, -0.2) is 58.2 Å². The highest BCUT2D eigenvalue weighted by Crippen LogP contribution is 2.38. The van der Waals surface area contributed by atoms with Gasteiger partial charge in [0, 0.05) is 50.5 Å². The molecule has 6 nitrogen and oxygen atoms in total. The summed E-state index contributed by atoms with van der Waals surface area (Å²) < 4.78 is 6.32. The Bertz CT molecular complexity index is 673. The molecule has 0 amide bonds. The normalized spacial score (nSPS) is 22.6. The highest BCUT2D eigenvalue weighted by molar-refractivity contribution is 5.29. The summed E-state index contributed by atoms with van der Waals surface area (Å²) in [5.74, 6) is 0.835. The minimum Gasteiger partial charge on any atom is -0.373 e. The van der Waals surface area contributed by atoms with E-state index in [2.05, 4.69) is 43.9 Å². The number of hydrogen-bond donors (Lipinski definition) is 0. The van der Waals surface area contributed by atoms with Gasteiger partial charge in [0.15, 0.2) is 0 Å². The molecule has 0 bridgehead atoms. The Balaban J connectivity index is 1.33. The Hall–Kier alpha value is -2.05. The molecule has 4 rings (SSSR count). The van der Waals surface area contributed by atoms with E-state index in [-0.39, 0.29) is 5.60 Å². The van der Waals surface area contributed by atoms with Crippen molar-refractivity contribution in [1.82, 2.24) is 19.9 Å². The van der Waals surface area contributed by atoms with Gasteiger partial charge < -0.3 is 9.64 Å². The van der Waals surface area contributed by atoms with Gasteiger partial charge in [-0.2, -0.15) is 0 Å². The van der Waals surface area contributed by atoms with Crippen LogP contribution in [-0.2, 0) is 11.3 Å². The van der Waals surface area contributed by atoms with Crippen LogP contribution in [0.4, 0.5) is 5.95 Å². The predicted molar refractivity (Wildman–Crippen MR) is 96.3 cm³/mol. The molecule has 2 aliphatic heterocycles. The summed E-state index contributed by atoms with van der Waals surface area (Å²) in [5, 5.41) is 0. The van der Waals surface area contributed by atoms with Crippen molar-refractivity contribution in [1.29, 1.82) is 0 Å². The molecule has 1 unspecified atom stereocenters. The predicted octanol–water partition coefficient (Wildman–Crippen LogP) is 2.13. The largest absolute Gasteiger partial charge is 0.373 e. The molecule has 0 radical (unpaired) electrons. The Labute approximate surface area is 148 Å². The lowest BCUT2D eigenvalue weighted by molar-refractivity contribution is -0.0159. The highest BCUT2D eigenvalue weighted by atomic mass is 16.5. The number of rotatable bonds is 4. The van der Waals surface area contributed by atoms with E-state index >= 15 is 0 Å². The van der Waals surface area contributed by atoms with Crippen LogP contribution in [0, 0.1) is 0 Å². The van der Waals surface area contributed by atoms with Crippen LogP contribution < -0.4 is 4.90 Å². The minimum atomic E-state index is 0.0302. The van der Waals surface area contributed by atoms with E-state index in [9.17, 15) is 0 Å². The first-order chi connectivity index (χ1) is 12.2. The molecule has 2 aliphatic rings. The Morgan fingerprint density at radius 1 is 1.16 bits per heavy atom. The van der Waals surface area contributed by atoms with Crippen molar-refractivity contribution in [2.75, 3.05) is 31.6 Å². The van der Waals surface area contributed by atoms with E-state index < -0.39 is 0 Å². The molecule has 2 fully saturated rings. The van der Waals surface area contributed by atoms with Crippen LogP contribution in [0.2, 0.25) is 0 Å². The van der Waals surface area contributed by atoms with Crippen LogP contribution >= 0.6 is 0 Å². The van der Waals surface area contributed by atoms with Gasteiger partial charge >= 0.3 is 0 Å². The first kappa shape index (κ1) is 16.4. The maximum absolute atomic E-state index is 6.32. The van der Waals surface area contributed by atoms with E-state index in [1.165, 1.54) is 5.56 Å². The summed E-state index contributed by atoms with van der Waals surface area (Å²) >= 11 is 0. The van der Waals surface area contributed by atoms with Crippen LogP contribution in [0.3, 0.4) is 0 Å². The lowest BCUT2D eigenvalue weighted by atomic mass is 9.87. The number of ether oxygens (including phenoxy) is 1. The molecule has 0 aromatic carbocycles. The third-order valence-corrected chi connectivity index (χ3v) is 5.50. The van der Waals surface area contributed by atoms with E-state index in [4.69, 9.17) is 4.74 Å². The summed E-state index contributed by atoms with van der Waals surface area (Å²) in [6, 6.07) is 6.51. The zero-order valence-electron chi connectivity index (χ0n) is 14.7. The molecule has 4 heterocycles. The highest BCUT2D eigenvalue weighted by Gasteiger charge is 2.44. The molecule has 0 saturated carbocycles. The zero-order chi connectivity index (χ0) is 17.1. The van der Waals surface area contributed by atoms with Crippen molar-refractivity contribution in [3.63, 3.8) is 0 Å². The maximum atomic E-state index is 6.32. The standard InChI is InChI=1S/C19H25N5O/c1-23(14-16-3-9-20-10-4-16)17-13-19(25-15-17)5-11-24(12-6-19)18-21-7-2-8-22-18/h2-4,7-10,17H,5-6,11-15H2,1H3. The lowest BCUT2D eigenvalue weighted by Crippen LogP contribution is -2.45. The van der Waals surface area contributed by atoms with Crippen LogP contribution in [0.5, 0.6) is 0 Å². The topological polar surface area (TPSA) is 54.4 Å². The number of likely N-dealkylation sites (N-methyl/N-ethyl adjacent to an activating group) is 1. The van der Waals surface area contributed by atoms with Crippen molar-refractivity contribution in [3.8, 4) is 0 Å². The third kappa shape index (κ3) is 3.65. The first-order valence-electron chi connectivity index (χ1n) is 8.99. The molecule has 0 N–H and O–H groups in total. The second-order valence-electron chi connectivity index (χ2n) is 7.16. The van der Waals surface area contributed by atoms with Gasteiger partial charge in [0.1, 0.15) is 0 Å². The maximum Gasteiger partial charge on any atom is 0.225 e. The molecule has 1 atom stereocenters. The van der Waals surface area contributed by atoms with Crippen LogP contribution in [0.1, 0.15) is 24.8 Å². The quantitative estimate of drug-likeness (QED) is 0.851. The number of nitrogens with zero attached hydrogens (tertiary/aromatic N) is 5. The van der Waals surface area contributed by atoms with Gasteiger partial charge in [-0.15, -0.1) is 0 Å². The average molecular weight is 339 g/mol. The molecule has 2 aromatic rings. The summed E-state index contributed by atoms with van der Waals surface area (Å²) in [5.41, 5.74) is 1.33. The van der Waals surface area contributed by atoms with Crippen molar-refractivity contribution in [2.45, 2.75) is 37.5 Å². The van der Waals surface area contributed by atoms with Gasteiger partial charge in [-0.3, -0.25) is 9.88 Å². The van der Waals surface area contributed by atoms with Gasteiger partial charge in [-0.05, 0) is 50.1 Å². The van der Waals surface area contributed by atoms with E-state index in [0.29, 0.717) is 6.04 Å². The summed E-state index contributed by atoms with van der Waals surface area (Å²) in [6.07, 6.45) is 10.5. The average Bonchev–Trinajstić information content (AvgIpc) is 3.08. The van der Waals surface area contributed by atoms with Gasteiger partial charge in [-0.25, -0.2) is 9.97 Å². The van der Waals surface area contributed by atoms with Crippen molar-refractivity contribution < 1.29 is 4.74 Å².